The lowest BCUT2D eigenvalue weighted by Gasteiger charge is -2.40. The Morgan fingerprint density at radius 2 is 1.61 bits per heavy atom. The Balaban J connectivity index is 1.09. The molecule has 56 heavy (non-hydrogen) atoms. The van der Waals surface area contributed by atoms with Crippen LogP contribution in [0.25, 0.3) is 0 Å². The van der Waals surface area contributed by atoms with Gasteiger partial charge in [-0.15, -0.1) is 0 Å². The Kier molecular flexibility index (Phi) is 11.9. The first-order chi connectivity index (χ1) is 26.9. The second-order valence-electron chi connectivity index (χ2n) is 15.4. The van der Waals surface area contributed by atoms with Gasteiger partial charge in [0.15, 0.2) is 29.3 Å². The molecule has 0 radical (unpaired) electrons. The Hall–Kier alpha value is -4.61. The first-order valence-electron chi connectivity index (χ1n) is 18.9. The van der Waals surface area contributed by atoms with Crippen molar-refractivity contribution in [3.63, 3.8) is 0 Å². The van der Waals surface area contributed by atoms with Gasteiger partial charge in [-0.1, -0.05) is 50.6 Å². The first kappa shape index (κ1) is 39.6. The van der Waals surface area contributed by atoms with Crippen LogP contribution in [0.5, 0.6) is 23.0 Å². The maximum absolute atomic E-state index is 14.6. The lowest BCUT2D eigenvalue weighted by atomic mass is 9.87. The maximum Gasteiger partial charge on any atom is 0.407 e. The van der Waals surface area contributed by atoms with E-state index in [0.29, 0.717) is 67.4 Å². The molecule has 2 amide bonds. The van der Waals surface area contributed by atoms with Crippen LogP contribution in [0, 0.1) is 11.3 Å². The zero-order valence-corrected chi connectivity index (χ0v) is 32.3. The van der Waals surface area contributed by atoms with Gasteiger partial charge >= 0.3 is 6.09 Å². The van der Waals surface area contributed by atoms with Crippen molar-refractivity contribution in [2.24, 2.45) is 11.3 Å². The molecule has 4 aliphatic rings. The minimum atomic E-state index is -4.27. The van der Waals surface area contributed by atoms with Crippen molar-refractivity contribution in [1.29, 1.82) is 0 Å². The molecule has 4 heterocycles. The fourth-order valence-corrected chi connectivity index (χ4v) is 9.59. The lowest BCUT2D eigenvalue weighted by Crippen LogP contribution is -2.58. The van der Waals surface area contributed by atoms with Gasteiger partial charge in [0.1, 0.15) is 0 Å². The molecule has 3 aromatic rings. The van der Waals surface area contributed by atoms with Crippen LogP contribution in [0.4, 0.5) is 4.79 Å². The van der Waals surface area contributed by atoms with Crippen LogP contribution >= 0.6 is 0 Å². The number of fused-ring (bicyclic) bond motifs is 3. The molecule has 4 aliphatic heterocycles. The van der Waals surface area contributed by atoms with E-state index >= 15 is 0 Å². The van der Waals surface area contributed by atoms with E-state index in [9.17, 15) is 28.2 Å². The number of aliphatic hydroxyl groups excluding tert-OH is 1. The molecular formula is C40H49N3O12S. The standard InChI is InChI=1S/C40H49N3O12S/c1-40(2,15-6-7-16-41-37(45)27-10-12-33-35(19-27)54-24-52-33)23-42(56(48,49)28-11-13-34-36(20-28)55-25-53-34)21-32(44)30(18-26-8-4-3-5-9-26)43(39(46)47)31-22-51-38-29(31)14-17-50-38/h3-5,8-13,19-20,29-32,38,44H,6-7,14-18,21-25H2,1-2H3,(H,41,45)(H,46,47)/t29-,30-,31-,32+,38+/m0/s1. The van der Waals surface area contributed by atoms with Gasteiger partial charge in [0, 0.05) is 37.2 Å². The summed E-state index contributed by atoms with van der Waals surface area (Å²) in [5.41, 5.74) is 0.651. The number of carbonyl (C=O) groups is 2. The fraction of sp³-hybridized carbons (Fsp3) is 0.500. The van der Waals surface area contributed by atoms with Gasteiger partial charge in [-0.2, -0.15) is 4.31 Å². The molecule has 3 N–H and O–H groups in total. The minimum Gasteiger partial charge on any atom is -0.465 e. The topological polar surface area (TPSA) is 183 Å². The van der Waals surface area contributed by atoms with Crippen LogP contribution in [0.1, 0.15) is 55.5 Å². The van der Waals surface area contributed by atoms with Crippen molar-refractivity contribution >= 4 is 22.0 Å². The Labute approximate surface area is 326 Å². The van der Waals surface area contributed by atoms with E-state index in [4.69, 9.17) is 28.4 Å². The number of carboxylic acid groups (broad SMARTS) is 1. The smallest absolute Gasteiger partial charge is 0.407 e. The molecule has 0 bridgehead atoms. The van der Waals surface area contributed by atoms with Gasteiger partial charge in [-0.05, 0) is 67.0 Å². The van der Waals surface area contributed by atoms with E-state index in [2.05, 4.69) is 5.32 Å². The molecule has 0 spiro atoms. The molecule has 2 saturated heterocycles. The summed E-state index contributed by atoms with van der Waals surface area (Å²) >= 11 is 0. The number of hydrogen-bond donors (Lipinski definition) is 3. The molecule has 5 atom stereocenters. The van der Waals surface area contributed by atoms with E-state index < -0.39 is 46.0 Å². The summed E-state index contributed by atoms with van der Waals surface area (Å²) in [5, 5.41) is 25.8. The number of hydrogen-bond acceptors (Lipinski definition) is 11. The van der Waals surface area contributed by atoms with E-state index in [1.54, 1.807) is 18.2 Å². The van der Waals surface area contributed by atoms with Crippen molar-refractivity contribution in [3.8, 4) is 23.0 Å². The number of sulfonamides is 1. The highest BCUT2D eigenvalue weighted by molar-refractivity contribution is 7.89. The number of benzene rings is 3. The van der Waals surface area contributed by atoms with Crippen LogP contribution in [0.2, 0.25) is 0 Å². The van der Waals surface area contributed by atoms with Gasteiger partial charge in [0.2, 0.25) is 23.6 Å². The maximum atomic E-state index is 14.6. The monoisotopic (exact) mass is 795 g/mol. The van der Waals surface area contributed by atoms with Crippen LogP contribution in [0.3, 0.4) is 0 Å². The van der Waals surface area contributed by atoms with E-state index in [0.717, 1.165) is 5.56 Å². The highest BCUT2D eigenvalue weighted by Crippen LogP contribution is 2.38. The average Bonchev–Trinajstić information content (AvgIpc) is 4.00. The van der Waals surface area contributed by atoms with Crippen LogP contribution in [0.15, 0.2) is 71.6 Å². The second kappa shape index (κ2) is 16.9. The number of carbonyl (C=O) groups excluding carboxylic acids is 1. The molecule has 0 unspecified atom stereocenters. The molecule has 2 fully saturated rings. The summed E-state index contributed by atoms with van der Waals surface area (Å²) in [7, 11) is -4.27. The molecule has 15 nitrogen and oxygen atoms in total. The van der Waals surface area contributed by atoms with Gasteiger partial charge in [0.05, 0.1) is 36.3 Å². The summed E-state index contributed by atoms with van der Waals surface area (Å²) in [4.78, 5) is 27.1. The van der Waals surface area contributed by atoms with Crippen molar-refractivity contribution < 1.29 is 56.6 Å². The number of amides is 2. The zero-order chi connectivity index (χ0) is 39.5. The van der Waals surface area contributed by atoms with Gasteiger partial charge in [0.25, 0.3) is 5.91 Å². The van der Waals surface area contributed by atoms with Crippen molar-refractivity contribution in [2.75, 3.05) is 46.4 Å². The number of nitrogens with one attached hydrogen (secondary N) is 1. The Morgan fingerprint density at radius 1 is 0.911 bits per heavy atom. The summed E-state index contributed by atoms with van der Waals surface area (Å²) in [6.45, 7) is 4.57. The molecule has 3 aromatic carbocycles. The highest BCUT2D eigenvalue weighted by Gasteiger charge is 2.49. The summed E-state index contributed by atoms with van der Waals surface area (Å²) in [6, 6.07) is 17.0. The SMILES string of the molecule is CC(C)(CCCCNC(=O)c1ccc2c(c1)OCO2)CN(C[C@@H](O)[C@H](Cc1ccccc1)N(C(=O)O)[C@H]1CO[C@H]2OCC[C@H]21)S(=O)(=O)c1ccc2c(c1)OCO2. The molecular weight excluding hydrogens is 747 g/mol. The quantitative estimate of drug-likeness (QED) is 0.163. The molecule has 0 saturated carbocycles. The molecule has 0 aromatic heterocycles. The van der Waals surface area contributed by atoms with E-state index in [1.165, 1.54) is 27.4 Å². The number of aliphatic hydroxyl groups is 1. The third-order valence-corrected chi connectivity index (χ3v) is 12.7. The van der Waals surface area contributed by atoms with E-state index in [1.807, 2.05) is 44.2 Å². The predicted octanol–water partition coefficient (Wildman–Crippen LogP) is 4.47. The third kappa shape index (κ3) is 8.84. The van der Waals surface area contributed by atoms with Crippen molar-refractivity contribution in [1.82, 2.24) is 14.5 Å². The lowest BCUT2D eigenvalue weighted by molar-refractivity contribution is -0.0906. The molecule has 302 valence electrons. The number of rotatable bonds is 17. The van der Waals surface area contributed by atoms with Crippen molar-refractivity contribution in [2.45, 2.75) is 75.3 Å². The largest absolute Gasteiger partial charge is 0.465 e. The fourth-order valence-electron chi connectivity index (χ4n) is 7.93. The number of ether oxygens (including phenoxy) is 6. The minimum absolute atomic E-state index is 0.0145. The van der Waals surface area contributed by atoms with Crippen molar-refractivity contribution in [3.05, 3.63) is 77.9 Å². The number of nitrogens with zero attached hydrogens (tertiary/aromatic N) is 2. The van der Waals surface area contributed by atoms with Crippen LogP contribution < -0.4 is 24.3 Å². The normalized spacial score (nSPS) is 20.8. The van der Waals surface area contributed by atoms with Crippen LogP contribution in [-0.2, 0) is 25.9 Å². The van der Waals surface area contributed by atoms with Gasteiger partial charge in [-0.25, -0.2) is 13.2 Å². The Bertz CT molecular complexity index is 1980. The summed E-state index contributed by atoms with van der Waals surface area (Å²) < 4.78 is 63.6. The van der Waals surface area contributed by atoms with Crippen LogP contribution in [-0.4, -0.2) is 111 Å². The molecule has 16 heteroatoms. The average molecular weight is 796 g/mol. The summed E-state index contributed by atoms with van der Waals surface area (Å²) in [5.74, 6) is 1.38. The number of unbranched alkanes of at least 4 members (excludes halogenated alkanes) is 1. The van der Waals surface area contributed by atoms with Gasteiger partial charge in [-0.3, -0.25) is 9.69 Å². The molecule has 0 aliphatic carbocycles. The van der Waals surface area contributed by atoms with Gasteiger partial charge < -0.3 is 44.0 Å². The highest BCUT2D eigenvalue weighted by atomic mass is 32.2. The first-order valence-corrected chi connectivity index (χ1v) is 20.4. The summed E-state index contributed by atoms with van der Waals surface area (Å²) in [6.07, 6.45) is -0.550. The Morgan fingerprint density at radius 3 is 2.34 bits per heavy atom. The predicted molar refractivity (Wildman–Crippen MR) is 201 cm³/mol. The third-order valence-electron chi connectivity index (χ3n) is 10.9. The molecule has 7 rings (SSSR count). The van der Waals surface area contributed by atoms with E-state index in [-0.39, 0.29) is 56.4 Å². The second-order valence-corrected chi connectivity index (χ2v) is 17.3. The zero-order valence-electron chi connectivity index (χ0n) is 31.5.